The van der Waals surface area contributed by atoms with Crippen molar-refractivity contribution in [1.82, 2.24) is 19.7 Å². The SMILES string of the molecule is Cc1nc2n(n1)-c1nc3cc(Cl)ccc3cc1CS2. The molecule has 1 aliphatic rings. The van der Waals surface area contributed by atoms with E-state index < -0.39 is 0 Å². The molecule has 3 aromatic rings. The summed E-state index contributed by atoms with van der Waals surface area (Å²) in [5.74, 6) is 2.51. The van der Waals surface area contributed by atoms with Gasteiger partial charge in [-0.25, -0.2) is 9.97 Å². The zero-order valence-electron chi connectivity index (χ0n) is 10.1. The third-order valence-corrected chi connectivity index (χ3v) is 4.29. The number of aromatic nitrogens is 4. The second-order valence-electron chi connectivity index (χ2n) is 4.45. The van der Waals surface area contributed by atoms with Crippen LogP contribution in [-0.4, -0.2) is 19.7 Å². The molecule has 3 heterocycles. The van der Waals surface area contributed by atoms with Gasteiger partial charge < -0.3 is 0 Å². The van der Waals surface area contributed by atoms with Gasteiger partial charge in [-0.1, -0.05) is 29.4 Å². The minimum atomic E-state index is 0.695. The van der Waals surface area contributed by atoms with Gasteiger partial charge in [0.2, 0.25) is 0 Å². The molecule has 0 fully saturated rings. The molecule has 0 bridgehead atoms. The standard InChI is InChI=1S/C13H9ClN4S/c1-7-15-13-18(17-7)12-9(6-19-13)4-8-2-3-10(14)5-11(8)16-12/h2-5H,6H2,1H3. The van der Waals surface area contributed by atoms with Crippen molar-refractivity contribution in [1.29, 1.82) is 0 Å². The van der Waals surface area contributed by atoms with Crippen LogP contribution in [0.25, 0.3) is 16.7 Å². The lowest BCUT2D eigenvalue weighted by atomic mass is 10.1. The van der Waals surface area contributed by atoms with Gasteiger partial charge in [0.05, 0.1) is 5.52 Å². The number of aryl methyl sites for hydroxylation is 1. The molecule has 0 unspecified atom stereocenters. The van der Waals surface area contributed by atoms with Crippen LogP contribution in [0.3, 0.4) is 0 Å². The van der Waals surface area contributed by atoms with E-state index in [0.717, 1.165) is 33.5 Å². The molecule has 2 aromatic heterocycles. The molecule has 4 rings (SSSR count). The van der Waals surface area contributed by atoms with Crippen LogP contribution in [0.2, 0.25) is 5.02 Å². The number of hydrogen-bond donors (Lipinski definition) is 0. The van der Waals surface area contributed by atoms with Gasteiger partial charge in [-0.2, -0.15) is 4.68 Å². The third kappa shape index (κ3) is 1.73. The molecule has 4 nitrogen and oxygen atoms in total. The van der Waals surface area contributed by atoms with Crippen molar-refractivity contribution >= 4 is 34.3 Å². The van der Waals surface area contributed by atoms with E-state index >= 15 is 0 Å². The van der Waals surface area contributed by atoms with Gasteiger partial charge in [-0.05, 0) is 25.1 Å². The van der Waals surface area contributed by atoms with Crippen LogP contribution in [0.4, 0.5) is 0 Å². The van der Waals surface area contributed by atoms with Crippen molar-refractivity contribution in [3.63, 3.8) is 0 Å². The van der Waals surface area contributed by atoms with Gasteiger partial charge in [0.15, 0.2) is 11.0 Å². The van der Waals surface area contributed by atoms with Crippen LogP contribution in [0, 0.1) is 6.92 Å². The molecule has 0 amide bonds. The highest BCUT2D eigenvalue weighted by Gasteiger charge is 2.21. The van der Waals surface area contributed by atoms with Crippen molar-refractivity contribution in [3.05, 3.63) is 40.7 Å². The number of fused-ring (bicyclic) bond motifs is 4. The van der Waals surface area contributed by atoms with E-state index in [4.69, 9.17) is 16.6 Å². The Hall–Kier alpha value is -1.59. The third-order valence-electron chi connectivity index (χ3n) is 3.08. The normalized spacial score (nSPS) is 13.4. The first kappa shape index (κ1) is 11.3. The maximum absolute atomic E-state index is 6.03. The Labute approximate surface area is 118 Å². The van der Waals surface area contributed by atoms with Gasteiger partial charge >= 0.3 is 0 Å². The number of benzene rings is 1. The zero-order valence-corrected chi connectivity index (χ0v) is 11.7. The number of pyridine rings is 1. The van der Waals surface area contributed by atoms with E-state index in [1.807, 2.05) is 29.8 Å². The molecule has 0 spiro atoms. The molecular formula is C13H9ClN4S. The monoisotopic (exact) mass is 288 g/mol. The molecule has 0 atom stereocenters. The number of halogens is 1. The number of rotatable bonds is 0. The molecule has 0 aliphatic carbocycles. The van der Waals surface area contributed by atoms with Gasteiger partial charge in [0, 0.05) is 21.7 Å². The molecular weight excluding hydrogens is 280 g/mol. The van der Waals surface area contributed by atoms with Crippen LogP contribution >= 0.6 is 23.4 Å². The maximum atomic E-state index is 6.03. The predicted octanol–water partition coefficient (Wildman–Crippen LogP) is 3.38. The summed E-state index contributed by atoms with van der Waals surface area (Å²) in [4.78, 5) is 9.09. The lowest BCUT2D eigenvalue weighted by Gasteiger charge is -2.16. The van der Waals surface area contributed by atoms with E-state index in [1.165, 1.54) is 5.56 Å². The van der Waals surface area contributed by atoms with Gasteiger partial charge in [-0.3, -0.25) is 0 Å². The molecule has 19 heavy (non-hydrogen) atoms. The van der Waals surface area contributed by atoms with Crippen molar-refractivity contribution < 1.29 is 0 Å². The zero-order chi connectivity index (χ0) is 13.0. The van der Waals surface area contributed by atoms with E-state index in [2.05, 4.69) is 16.1 Å². The first-order chi connectivity index (χ1) is 9.20. The van der Waals surface area contributed by atoms with Crippen LogP contribution in [0.15, 0.2) is 29.4 Å². The van der Waals surface area contributed by atoms with E-state index in [1.54, 1.807) is 11.8 Å². The number of nitrogens with zero attached hydrogens (tertiary/aromatic N) is 4. The topological polar surface area (TPSA) is 43.6 Å². The summed E-state index contributed by atoms with van der Waals surface area (Å²) < 4.78 is 1.82. The van der Waals surface area contributed by atoms with Crippen LogP contribution in [0.5, 0.6) is 0 Å². The minimum Gasteiger partial charge on any atom is -0.228 e. The lowest BCUT2D eigenvalue weighted by Crippen LogP contribution is -2.10. The highest BCUT2D eigenvalue weighted by atomic mass is 35.5. The van der Waals surface area contributed by atoms with Crippen LogP contribution in [0.1, 0.15) is 11.4 Å². The molecule has 0 N–H and O–H groups in total. The van der Waals surface area contributed by atoms with Crippen molar-refractivity contribution in [3.8, 4) is 5.82 Å². The van der Waals surface area contributed by atoms with Crippen molar-refractivity contribution in [2.75, 3.05) is 0 Å². The quantitative estimate of drug-likeness (QED) is 0.636. The van der Waals surface area contributed by atoms with Gasteiger partial charge in [-0.15, -0.1) is 5.10 Å². The van der Waals surface area contributed by atoms with Crippen LogP contribution < -0.4 is 0 Å². The molecule has 1 aromatic carbocycles. The van der Waals surface area contributed by atoms with E-state index in [0.29, 0.717) is 5.02 Å². The summed E-state index contributed by atoms with van der Waals surface area (Å²) in [6.07, 6.45) is 0. The van der Waals surface area contributed by atoms with E-state index in [9.17, 15) is 0 Å². The van der Waals surface area contributed by atoms with Gasteiger partial charge in [0.25, 0.3) is 0 Å². The Morgan fingerprint density at radius 2 is 2.16 bits per heavy atom. The summed E-state index contributed by atoms with van der Waals surface area (Å²) >= 11 is 7.71. The second-order valence-corrected chi connectivity index (χ2v) is 5.83. The maximum Gasteiger partial charge on any atom is 0.193 e. The molecule has 0 saturated heterocycles. The average Bonchev–Trinajstić information content (AvgIpc) is 2.77. The predicted molar refractivity (Wildman–Crippen MR) is 76.0 cm³/mol. The fourth-order valence-corrected chi connectivity index (χ4v) is 3.34. The molecule has 0 radical (unpaired) electrons. The Kier molecular flexibility index (Phi) is 2.34. The highest BCUT2D eigenvalue weighted by molar-refractivity contribution is 7.98. The second kappa shape index (κ2) is 3.95. The molecule has 0 saturated carbocycles. The Morgan fingerprint density at radius 3 is 3.05 bits per heavy atom. The highest BCUT2D eigenvalue weighted by Crippen LogP contribution is 2.33. The van der Waals surface area contributed by atoms with Gasteiger partial charge in [0.1, 0.15) is 5.82 Å². The summed E-state index contributed by atoms with van der Waals surface area (Å²) in [6, 6.07) is 7.92. The lowest BCUT2D eigenvalue weighted by molar-refractivity contribution is 0.745. The smallest absolute Gasteiger partial charge is 0.193 e. The molecule has 94 valence electrons. The molecule has 6 heteroatoms. The summed E-state index contributed by atoms with van der Waals surface area (Å²) in [7, 11) is 0. The Bertz CT molecular complexity index is 812. The first-order valence-electron chi connectivity index (χ1n) is 5.87. The number of hydrogen-bond acceptors (Lipinski definition) is 4. The van der Waals surface area contributed by atoms with E-state index in [-0.39, 0.29) is 0 Å². The average molecular weight is 289 g/mol. The summed E-state index contributed by atoms with van der Waals surface area (Å²) in [5.41, 5.74) is 2.06. The summed E-state index contributed by atoms with van der Waals surface area (Å²) in [6.45, 7) is 1.89. The molecule has 1 aliphatic heterocycles. The largest absolute Gasteiger partial charge is 0.228 e. The Balaban J connectivity index is 2.03. The fraction of sp³-hybridized carbons (Fsp3) is 0.154. The van der Waals surface area contributed by atoms with Crippen molar-refractivity contribution in [2.24, 2.45) is 0 Å². The summed E-state index contributed by atoms with van der Waals surface area (Å²) in [5, 5.41) is 7.11. The Morgan fingerprint density at radius 1 is 1.26 bits per heavy atom. The number of thioether (sulfide) groups is 1. The minimum absolute atomic E-state index is 0.695. The van der Waals surface area contributed by atoms with Crippen molar-refractivity contribution in [2.45, 2.75) is 17.8 Å². The first-order valence-corrected chi connectivity index (χ1v) is 7.23. The van der Waals surface area contributed by atoms with Crippen LogP contribution in [-0.2, 0) is 5.75 Å². The fourth-order valence-electron chi connectivity index (χ4n) is 2.23.